The largest absolute Gasteiger partial charge is 0.355 e. The van der Waals surface area contributed by atoms with Crippen molar-refractivity contribution in [3.63, 3.8) is 0 Å². The van der Waals surface area contributed by atoms with Crippen LogP contribution in [0.15, 0.2) is 0 Å². The highest BCUT2D eigenvalue weighted by atomic mass is 79.9. The van der Waals surface area contributed by atoms with Crippen LogP contribution in [0.2, 0.25) is 0 Å². The van der Waals surface area contributed by atoms with Gasteiger partial charge in [0.2, 0.25) is 5.91 Å². The second kappa shape index (κ2) is 6.71. The molecule has 1 amide bonds. The van der Waals surface area contributed by atoms with Crippen LogP contribution in [0, 0.1) is 5.92 Å². The maximum atomic E-state index is 11.3. The number of alkyl halides is 1. The number of carbonyl (C=O) groups excluding carboxylic acids is 1. The monoisotopic (exact) mass is 265 g/mol. The molecule has 0 spiro atoms. The highest BCUT2D eigenvalue weighted by molar-refractivity contribution is 9.09. The van der Waals surface area contributed by atoms with Crippen molar-refractivity contribution in [3.05, 3.63) is 0 Å². The fourth-order valence-electron chi connectivity index (χ4n) is 1.47. The van der Waals surface area contributed by atoms with Crippen molar-refractivity contribution in [2.75, 3.05) is 23.4 Å². The quantitative estimate of drug-likeness (QED) is 0.789. The van der Waals surface area contributed by atoms with E-state index in [-0.39, 0.29) is 5.91 Å². The zero-order chi connectivity index (χ0) is 9.52. The first-order chi connectivity index (χ1) is 6.33. The Morgan fingerprint density at radius 3 is 2.77 bits per heavy atom. The fraction of sp³-hybridized carbons (Fsp3) is 0.889. The molecule has 0 radical (unpaired) electrons. The summed E-state index contributed by atoms with van der Waals surface area (Å²) < 4.78 is 0. The molecule has 1 fully saturated rings. The lowest BCUT2D eigenvalue weighted by Crippen LogP contribution is -2.28. The predicted molar refractivity (Wildman–Crippen MR) is 61.5 cm³/mol. The molecule has 4 heteroatoms. The molecule has 1 saturated heterocycles. The maximum absolute atomic E-state index is 11.3. The number of rotatable bonds is 4. The fourth-order valence-corrected chi connectivity index (χ4v) is 2.87. The Morgan fingerprint density at radius 1 is 1.46 bits per heavy atom. The summed E-state index contributed by atoms with van der Waals surface area (Å²) >= 11 is 5.29. The van der Waals surface area contributed by atoms with Crippen molar-refractivity contribution in [2.45, 2.75) is 19.3 Å². The van der Waals surface area contributed by atoms with Crippen LogP contribution in [-0.4, -0.2) is 29.3 Å². The molecule has 1 rings (SSSR count). The Labute approximate surface area is 92.4 Å². The van der Waals surface area contributed by atoms with E-state index in [1.165, 1.54) is 24.3 Å². The minimum absolute atomic E-state index is 0.219. The van der Waals surface area contributed by atoms with Gasteiger partial charge in [0.15, 0.2) is 0 Å². The number of nitrogens with one attached hydrogen (secondary N) is 1. The number of hydrogen-bond donors (Lipinski definition) is 1. The average molecular weight is 266 g/mol. The second-order valence-electron chi connectivity index (χ2n) is 3.30. The summed E-state index contributed by atoms with van der Waals surface area (Å²) in [5.74, 6) is 3.32. The van der Waals surface area contributed by atoms with Crippen molar-refractivity contribution in [1.82, 2.24) is 5.32 Å². The summed E-state index contributed by atoms with van der Waals surface area (Å²) in [6.45, 7) is 0.750. The average Bonchev–Trinajstić information content (AvgIpc) is 2.16. The topological polar surface area (TPSA) is 29.1 Å². The number of halogens is 1. The molecule has 1 heterocycles. The molecule has 0 aromatic rings. The van der Waals surface area contributed by atoms with E-state index in [9.17, 15) is 4.79 Å². The van der Waals surface area contributed by atoms with Crippen molar-refractivity contribution in [3.8, 4) is 0 Å². The number of amides is 1. The third-order valence-electron chi connectivity index (χ3n) is 2.23. The highest BCUT2D eigenvalue weighted by Crippen LogP contribution is 2.24. The van der Waals surface area contributed by atoms with E-state index in [1.807, 2.05) is 11.8 Å². The van der Waals surface area contributed by atoms with Crippen molar-refractivity contribution >= 4 is 33.6 Å². The van der Waals surface area contributed by atoms with Crippen LogP contribution >= 0.6 is 27.7 Å². The van der Waals surface area contributed by atoms with E-state index in [1.54, 1.807) is 0 Å². The number of hydrogen-bond acceptors (Lipinski definition) is 2. The van der Waals surface area contributed by atoms with E-state index in [2.05, 4.69) is 21.2 Å². The Bertz CT molecular complexity index is 160. The molecular formula is C9H16BrNOS. The molecule has 1 aliphatic rings. The van der Waals surface area contributed by atoms with Gasteiger partial charge in [-0.1, -0.05) is 15.9 Å². The molecular weight excluding hydrogens is 250 g/mol. The van der Waals surface area contributed by atoms with Crippen molar-refractivity contribution in [1.29, 1.82) is 0 Å². The zero-order valence-corrected chi connectivity index (χ0v) is 10.1. The van der Waals surface area contributed by atoms with E-state index < -0.39 is 0 Å². The number of carbonyl (C=O) groups is 1. The van der Waals surface area contributed by atoms with Gasteiger partial charge in [0.05, 0.1) is 0 Å². The van der Waals surface area contributed by atoms with Gasteiger partial charge in [-0.05, 0) is 30.3 Å². The predicted octanol–water partition coefficient (Wildman–Crippen LogP) is 2.03. The summed E-state index contributed by atoms with van der Waals surface area (Å²) in [7, 11) is 0. The van der Waals surface area contributed by atoms with Gasteiger partial charge in [0, 0.05) is 18.3 Å². The van der Waals surface area contributed by atoms with Crippen molar-refractivity contribution in [2.24, 2.45) is 5.92 Å². The molecule has 1 N–H and O–H groups in total. The standard InChI is InChI=1S/C9H16BrNOS/c10-3-4-11-9(12)7-8-1-5-13-6-2-8/h8H,1-7H2,(H,11,12). The van der Waals surface area contributed by atoms with E-state index in [0.29, 0.717) is 5.92 Å². The molecule has 0 atom stereocenters. The molecule has 13 heavy (non-hydrogen) atoms. The normalized spacial score (nSPS) is 18.5. The van der Waals surface area contributed by atoms with Crippen LogP contribution in [0.4, 0.5) is 0 Å². The van der Waals surface area contributed by atoms with Crippen LogP contribution < -0.4 is 5.32 Å². The first-order valence-electron chi connectivity index (χ1n) is 4.73. The lowest BCUT2D eigenvalue weighted by Gasteiger charge is -2.20. The van der Waals surface area contributed by atoms with Gasteiger partial charge in [-0.2, -0.15) is 11.8 Å². The third kappa shape index (κ3) is 4.91. The lowest BCUT2D eigenvalue weighted by molar-refractivity contribution is -0.121. The zero-order valence-electron chi connectivity index (χ0n) is 7.72. The molecule has 0 aliphatic carbocycles. The van der Waals surface area contributed by atoms with E-state index in [4.69, 9.17) is 0 Å². The number of thioether (sulfide) groups is 1. The van der Waals surface area contributed by atoms with Crippen LogP contribution in [0.5, 0.6) is 0 Å². The smallest absolute Gasteiger partial charge is 0.220 e. The van der Waals surface area contributed by atoms with E-state index in [0.717, 1.165) is 18.3 Å². The molecule has 2 nitrogen and oxygen atoms in total. The van der Waals surface area contributed by atoms with Gasteiger partial charge < -0.3 is 5.32 Å². The first-order valence-corrected chi connectivity index (χ1v) is 7.01. The van der Waals surface area contributed by atoms with Crippen molar-refractivity contribution < 1.29 is 4.79 Å². The summed E-state index contributed by atoms with van der Waals surface area (Å²) in [4.78, 5) is 11.3. The SMILES string of the molecule is O=C(CC1CCSCC1)NCCBr. The molecule has 0 saturated carbocycles. The molecule has 76 valence electrons. The minimum atomic E-state index is 0.219. The molecule has 0 unspecified atom stereocenters. The van der Waals surface area contributed by atoms with Crippen LogP contribution in [0.3, 0.4) is 0 Å². The summed E-state index contributed by atoms with van der Waals surface area (Å²) in [6.07, 6.45) is 3.16. The Morgan fingerprint density at radius 2 is 2.15 bits per heavy atom. The third-order valence-corrected chi connectivity index (χ3v) is 3.68. The Balaban J connectivity index is 2.11. The summed E-state index contributed by atoms with van der Waals surface area (Å²) in [5, 5.41) is 3.73. The van der Waals surface area contributed by atoms with Gasteiger partial charge in [-0.15, -0.1) is 0 Å². The first kappa shape index (κ1) is 11.4. The Hall–Kier alpha value is 0.300. The second-order valence-corrected chi connectivity index (χ2v) is 5.32. The van der Waals surface area contributed by atoms with Gasteiger partial charge in [-0.25, -0.2) is 0 Å². The van der Waals surface area contributed by atoms with Gasteiger partial charge in [0.25, 0.3) is 0 Å². The maximum Gasteiger partial charge on any atom is 0.220 e. The van der Waals surface area contributed by atoms with Crippen LogP contribution in [0.25, 0.3) is 0 Å². The van der Waals surface area contributed by atoms with Gasteiger partial charge >= 0.3 is 0 Å². The molecule has 1 aliphatic heterocycles. The van der Waals surface area contributed by atoms with Crippen LogP contribution in [-0.2, 0) is 4.79 Å². The molecule has 0 aromatic heterocycles. The molecule has 0 bridgehead atoms. The van der Waals surface area contributed by atoms with Gasteiger partial charge in [-0.3, -0.25) is 4.79 Å². The van der Waals surface area contributed by atoms with E-state index >= 15 is 0 Å². The summed E-state index contributed by atoms with van der Waals surface area (Å²) in [6, 6.07) is 0. The molecule has 0 aromatic carbocycles. The highest BCUT2D eigenvalue weighted by Gasteiger charge is 2.16. The lowest BCUT2D eigenvalue weighted by atomic mass is 9.98. The summed E-state index contributed by atoms with van der Waals surface area (Å²) in [5.41, 5.74) is 0. The minimum Gasteiger partial charge on any atom is -0.355 e. The van der Waals surface area contributed by atoms with Crippen LogP contribution in [0.1, 0.15) is 19.3 Å². The Kier molecular flexibility index (Phi) is 5.87. The van der Waals surface area contributed by atoms with Gasteiger partial charge in [0.1, 0.15) is 0 Å².